The van der Waals surface area contributed by atoms with E-state index in [0.717, 1.165) is 19.4 Å². The zero-order valence-corrected chi connectivity index (χ0v) is 11.3. The molecule has 0 unspecified atom stereocenters. The monoisotopic (exact) mass is 252 g/mol. The standard InChI is InChI=1S/C13H20N2OS/c1-13(2,14)8-12(16)15(10-5-6-10)9-11-4-3-7-17-11/h3-4,7,10H,5-6,8-9,14H2,1-2H3. The van der Waals surface area contributed by atoms with Crippen molar-refractivity contribution in [1.29, 1.82) is 0 Å². The lowest BCUT2D eigenvalue weighted by Crippen LogP contribution is -2.41. The maximum atomic E-state index is 12.2. The van der Waals surface area contributed by atoms with Crippen LogP contribution >= 0.6 is 11.3 Å². The lowest BCUT2D eigenvalue weighted by molar-refractivity contribution is -0.133. The number of nitrogens with two attached hydrogens (primary N) is 1. The van der Waals surface area contributed by atoms with Gasteiger partial charge >= 0.3 is 0 Å². The third-order valence-corrected chi connectivity index (χ3v) is 3.68. The fourth-order valence-corrected chi connectivity index (χ4v) is 2.57. The highest BCUT2D eigenvalue weighted by atomic mass is 32.1. The third-order valence-electron chi connectivity index (χ3n) is 2.82. The number of carbonyl (C=O) groups is 1. The van der Waals surface area contributed by atoms with Gasteiger partial charge in [-0.1, -0.05) is 6.07 Å². The zero-order valence-electron chi connectivity index (χ0n) is 10.5. The van der Waals surface area contributed by atoms with Crippen molar-refractivity contribution in [3.05, 3.63) is 22.4 Å². The minimum absolute atomic E-state index is 0.188. The van der Waals surface area contributed by atoms with E-state index in [0.29, 0.717) is 12.5 Å². The van der Waals surface area contributed by atoms with Crippen LogP contribution in [0, 0.1) is 0 Å². The van der Waals surface area contributed by atoms with Crippen LogP contribution in [0.1, 0.15) is 38.0 Å². The van der Waals surface area contributed by atoms with Crippen LogP contribution in [0.25, 0.3) is 0 Å². The van der Waals surface area contributed by atoms with Crippen LogP contribution in [-0.4, -0.2) is 22.4 Å². The molecule has 1 aromatic rings. The summed E-state index contributed by atoms with van der Waals surface area (Å²) in [5, 5.41) is 2.05. The Bertz CT molecular complexity index is 377. The number of hydrogen-bond donors (Lipinski definition) is 1. The SMILES string of the molecule is CC(C)(N)CC(=O)N(Cc1cccs1)C1CC1. The average molecular weight is 252 g/mol. The van der Waals surface area contributed by atoms with E-state index in [1.165, 1.54) is 4.88 Å². The zero-order chi connectivity index (χ0) is 12.5. The summed E-state index contributed by atoms with van der Waals surface area (Å²) in [4.78, 5) is 15.5. The number of rotatable bonds is 5. The van der Waals surface area contributed by atoms with Crippen molar-refractivity contribution in [2.24, 2.45) is 5.73 Å². The first-order valence-electron chi connectivity index (χ1n) is 6.06. The summed E-state index contributed by atoms with van der Waals surface area (Å²) in [7, 11) is 0. The van der Waals surface area contributed by atoms with E-state index in [1.807, 2.05) is 24.8 Å². The Kier molecular flexibility index (Phi) is 3.54. The third kappa shape index (κ3) is 3.82. The molecule has 0 aliphatic heterocycles. The summed E-state index contributed by atoms with van der Waals surface area (Å²) in [6.45, 7) is 4.56. The summed E-state index contributed by atoms with van der Waals surface area (Å²) in [5.41, 5.74) is 5.51. The highest BCUT2D eigenvalue weighted by Crippen LogP contribution is 2.30. The molecule has 2 N–H and O–H groups in total. The van der Waals surface area contributed by atoms with Crippen molar-refractivity contribution < 1.29 is 4.79 Å². The molecule has 1 aliphatic carbocycles. The van der Waals surface area contributed by atoms with Crippen molar-refractivity contribution >= 4 is 17.2 Å². The molecular formula is C13H20N2OS. The number of amides is 1. The maximum Gasteiger partial charge on any atom is 0.224 e. The molecule has 1 heterocycles. The number of carbonyl (C=O) groups excluding carboxylic acids is 1. The number of thiophene rings is 1. The van der Waals surface area contributed by atoms with Crippen molar-refractivity contribution in [2.45, 2.75) is 51.2 Å². The quantitative estimate of drug-likeness (QED) is 0.874. The van der Waals surface area contributed by atoms with E-state index in [2.05, 4.69) is 11.4 Å². The molecule has 0 aromatic carbocycles. The van der Waals surface area contributed by atoms with Gasteiger partial charge in [0.1, 0.15) is 0 Å². The predicted octanol–water partition coefficient (Wildman–Crippen LogP) is 2.37. The minimum atomic E-state index is -0.417. The second-order valence-electron chi connectivity index (χ2n) is 5.50. The van der Waals surface area contributed by atoms with E-state index in [9.17, 15) is 4.79 Å². The maximum absolute atomic E-state index is 12.2. The fraction of sp³-hybridized carbons (Fsp3) is 0.615. The van der Waals surface area contributed by atoms with Gasteiger partial charge in [0.2, 0.25) is 5.91 Å². The van der Waals surface area contributed by atoms with Crippen LogP contribution in [0.4, 0.5) is 0 Å². The Balaban J connectivity index is 1.99. The Morgan fingerprint density at radius 3 is 2.76 bits per heavy atom. The molecule has 4 heteroatoms. The first-order valence-corrected chi connectivity index (χ1v) is 6.94. The molecule has 2 rings (SSSR count). The molecule has 0 atom stereocenters. The molecule has 0 bridgehead atoms. The van der Waals surface area contributed by atoms with E-state index >= 15 is 0 Å². The van der Waals surface area contributed by atoms with Gasteiger partial charge in [0.25, 0.3) is 0 Å². The van der Waals surface area contributed by atoms with Crippen LogP contribution in [0.5, 0.6) is 0 Å². The Morgan fingerprint density at radius 1 is 1.59 bits per heavy atom. The van der Waals surface area contributed by atoms with Gasteiger partial charge in [0, 0.05) is 22.9 Å². The molecule has 0 radical (unpaired) electrons. The molecule has 1 amide bonds. The van der Waals surface area contributed by atoms with Crippen molar-refractivity contribution in [3.63, 3.8) is 0 Å². The van der Waals surface area contributed by atoms with Crippen LogP contribution in [-0.2, 0) is 11.3 Å². The Morgan fingerprint density at radius 2 is 2.29 bits per heavy atom. The van der Waals surface area contributed by atoms with Gasteiger partial charge in [-0.15, -0.1) is 11.3 Å². The van der Waals surface area contributed by atoms with Crippen LogP contribution in [0.3, 0.4) is 0 Å². The Hall–Kier alpha value is -0.870. The smallest absolute Gasteiger partial charge is 0.224 e. The molecule has 17 heavy (non-hydrogen) atoms. The van der Waals surface area contributed by atoms with Gasteiger partial charge in [-0.25, -0.2) is 0 Å². The minimum Gasteiger partial charge on any atom is -0.335 e. The predicted molar refractivity (Wildman–Crippen MR) is 70.8 cm³/mol. The second-order valence-corrected chi connectivity index (χ2v) is 6.53. The van der Waals surface area contributed by atoms with Crippen LogP contribution in [0.2, 0.25) is 0 Å². The summed E-state index contributed by atoms with van der Waals surface area (Å²) < 4.78 is 0. The van der Waals surface area contributed by atoms with Gasteiger partial charge in [-0.3, -0.25) is 4.79 Å². The molecule has 0 spiro atoms. The number of hydrogen-bond acceptors (Lipinski definition) is 3. The molecule has 1 aliphatic rings. The summed E-state index contributed by atoms with van der Waals surface area (Å²) in [5.74, 6) is 0.188. The largest absolute Gasteiger partial charge is 0.335 e. The lowest BCUT2D eigenvalue weighted by atomic mass is 10.0. The second kappa shape index (κ2) is 4.78. The van der Waals surface area contributed by atoms with Gasteiger partial charge < -0.3 is 10.6 Å². The molecule has 94 valence electrons. The van der Waals surface area contributed by atoms with Crippen LogP contribution < -0.4 is 5.73 Å². The summed E-state index contributed by atoms with van der Waals surface area (Å²) >= 11 is 1.71. The van der Waals surface area contributed by atoms with E-state index in [1.54, 1.807) is 11.3 Å². The molecule has 1 saturated carbocycles. The highest BCUT2D eigenvalue weighted by molar-refractivity contribution is 7.09. The summed E-state index contributed by atoms with van der Waals surface area (Å²) in [6, 6.07) is 4.57. The Labute approximate surface area is 107 Å². The molecule has 1 fully saturated rings. The van der Waals surface area contributed by atoms with E-state index in [4.69, 9.17) is 5.73 Å². The van der Waals surface area contributed by atoms with Crippen molar-refractivity contribution in [1.82, 2.24) is 4.90 Å². The molecule has 3 nitrogen and oxygen atoms in total. The van der Waals surface area contributed by atoms with Gasteiger partial charge in [0.05, 0.1) is 6.54 Å². The van der Waals surface area contributed by atoms with Gasteiger partial charge in [0.15, 0.2) is 0 Å². The van der Waals surface area contributed by atoms with Crippen molar-refractivity contribution in [2.75, 3.05) is 0 Å². The van der Waals surface area contributed by atoms with Crippen molar-refractivity contribution in [3.8, 4) is 0 Å². The van der Waals surface area contributed by atoms with E-state index < -0.39 is 5.54 Å². The average Bonchev–Trinajstić information content (AvgIpc) is 2.89. The molecule has 0 saturated heterocycles. The first kappa shape index (κ1) is 12.6. The highest BCUT2D eigenvalue weighted by Gasteiger charge is 2.34. The first-order chi connectivity index (χ1) is 7.96. The number of nitrogens with zero attached hydrogens (tertiary/aromatic N) is 1. The van der Waals surface area contributed by atoms with Crippen LogP contribution in [0.15, 0.2) is 17.5 Å². The topological polar surface area (TPSA) is 46.3 Å². The van der Waals surface area contributed by atoms with E-state index in [-0.39, 0.29) is 5.91 Å². The fourth-order valence-electron chi connectivity index (χ4n) is 1.87. The summed E-state index contributed by atoms with van der Waals surface area (Å²) in [6.07, 6.45) is 2.71. The molecular weight excluding hydrogens is 232 g/mol. The normalized spacial score (nSPS) is 15.9. The lowest BCUT2D eigenvalue weighted by Gasteiger charge is -2.26. The molecule has 1 aromatic heterocycles. The van der Waals surface area contributed by atoms with Gasteiger partial charge in [-0.05, 0) is 38.1 Å². The van der Waals surface area contributed by atoms with Gasteiger partial charge in [-0.2, -0.15) is 0 Å².